The van der Waals surface area contributed by atoms with Crippen molar-refractivity contribution in [1.82, 2.24) is 0 Å². The average molecular weight is 575 g/mol. The van der Waals surface area contributed by atoms with Crippen molar-refractivity contribution in [3.63, 3.8) is 0 Å². The lowest BCUT2D eigenvalue weighted by atomic mass is 10.1. The highest BCUT2D eigenvalue weighted by atomic mass is 79.9. The minimum absolute atomic E-state index is 0.176. The smallest absolute Gasteiger partial charge is 0.363 e. The second-order valence-corrected chi connectivity index (χ2v) is 8.70. The lowest BCUT2D eigenvalue weighted by Crippen LogP contribution is -2.05. The predicted molar refractivity (Wildman–Crippen MR) is 131 cm³/mol. The molecule has 33 heavy (non-hydrogen) atoms. The van der Waals surface area contributed by atoms with Crippen LogP contribution in [-0.2, 0) is 16.1 Å². The first-order chi connectivity index (χ1) is 15.9. The highest BCUT2D eigenvalue weighted by molar-refractivity contribution is 9.10. The molecule has 0 fully saturated rings. The van der Waals surface area contributed by atoms with E-state index in [2.05, 4.69) is 36.9 Å². The number of carbonyl (C=O) groups excluding carboxylic acids is 1. The summed E-state index contributed by atoms with van der Waals surface area (Å²) in [5.74, 6) is 0.411. The maximum absolute atomic E-state index is 13.1. The quantitative estimate of drug-likeness (QED) is 0.233. The Balaban J connectivity index is 1.61. The topological polar surface area (TPSA) is 57.1 Å². The summed E-state index contributed by atoms with van der Waals surface area (Å²) in [6.45, 7) is 2.53. The summed E-state index contributed by atoms with van der Waals surface area (Å²) in [4.78, 5) is 16.8. The monoisotopic (exact) mass is 573 g/mol. The molecule has 0 saturated carbocycles. The van der Waals surface area contributed by atoms with E-state index in [1.807, 2.05) is 31.2 Å². The Hall–Kier alpha value is -2.97. The van der Waals surface area contributed by atoms with Crippen molar-refractivity contribution in [1.29, 1.82) is 0 Å². The first-order valence-electron chi connectivity index (χ1n) is 10.1. The van der Waals surface area contributed by atoms with Crippen LogP contribution < -0.4 is 9.47 Å². The van der Waals surface area contributed by atoms with Crippen molar-refractivity contribution >= 4 is 49.8 Å². The number of carbonyl (C=O) groups is 1. The van der Waals surface area contributed by atoms with E-state index in [4.69, 9.17) is 14.2 Å². The fourth-order valence-corrected chi connectivity index (χ4v) is 4.16. The molecule has 0 radical (unpaired) electrons. The number of cyclic esters (lactones) is 1. The molecular weight excluding hydrogens is 557 g/mol. The zero-order valence-electron chi connectivity index (χ0n) is 17.5. The van der Waals surface area contributed by atoms with Gasteiger partial charge in [-0.15, -0.1) is 0 Å². The number of hydrogen-bond acceptors (Lipinski definition) is 5. The number of rotatable bonds is 7. The number of halogens is 3. The third kappa shape index (κ3) is 5.51. The molecule has 0 aliphatic carbocycles. The molecule has 4 rings (SSSR count). The summed E-state index contributed by atoms with van der Waals surface area (Å²) in [5, 5.41) is 0. The third-order valence-electron chi connectivity index (χ3n) is 4.66. The Morgan fingerprint density at radius 3 is 2.52 bits per heavy atom. The second-order valence-electron chi connectivity index (χ2n) is 6.99. The van der Waals surface area contributed by atoms with E-state index in [9.17, 15) is 9.18 Å². The minimum atomic E-state index is -0.536. The van der Waals surface area contributed by atoms with E-state index >= 15 is 0 Å². The molecule has 0 N–H and O–H groups in total. The lowest BCUT2D eigenvalue weighted by Gasteiger charge is -2.15. The van der Waals surface area contributed by atoms with Gasteiger partial charge in [-0.1, -0.05) is 24.3 Å². The Morgan fingerprint density at radius 1 is 1.03 bits per heavy atom. The van der Waals surface area contributed by atoms with Crippen molar-refractivity contribution in [3.8, 4) is 11.5 Å². The molecular formula is C25H18Br2FNO4. The van der Waals surface area contributed by atoms with E-state index in [0.29, 0.717) is 33.7 Å². The Kier molecular flexibility index (Phi) is 7.25. The number of ether oxygens (including phenoxy) is 3. The van der Waals surface area contributed by atoms with Gasteiger partial charge >= 0.3 is 5.97 Å². The van der Waals surface area contributed by atoms with Crippen LogP contribution in [0.25, 0.3) is 6.08 Å². The fourth-order valence-electron chi connectivity index (χ4n) is 3.13. The van der Waals surface area contributed by atoms with Crippen molar-refractivity contribution in [2.75, 3.05) is 6.61 Å². The Labute approximate surface area is 207 Å². The normalized spacial score (nSPS) is 14.2. The predicted octanol–water partition coefficient (Wildman–Crippen LogP) is 6.67. The lowest BCUT2D eigenvalue weighted by molar-refractivity contribution is -0.129. The molecule has 0 amide bonds. The summed E-state index contributed by atoms with van der Waals surface area (Å²) >= 11 is 6.97. The van der Waals surface area contributed by atoms with Gasteiger partial charge in [0.15, 0.2) is 17.2 Å². The van der Waals surface area contributed by atoms with Crippen molar-refractivity contribution < 1.29 is 23.4 Å². The van der Waals surface area contributed by atoms with Crippen LogP contribution in [0.2, 0.25) is 0 Å². The van der Waals surface area contributed by atoms with Gasteiger partial charge in [0.2, 0.25) is 5.90 Å². The van der Waals surface area contributed by atoms with Gasteiger partial charge in [-0.2, -0.15) is 0 Å². The minimum Gasteiger partial charge on any atom is -0.490 e. The summed E-state index contributed by atoms with van der Waals surface area (Å²) in [6, 6.07) is 17.0. The molecule has 168 valence electrons. The molecule has 0 saturated heterocycles. The van der Waals surface area contributed by atoms with E-state index in [1.165, 1.54) is 12.1 Å². The van der Waals surface area contributed by atoms with Crippen LogP contribution in [0.4, 0.5) is 4.39 Å². The van der Waals surface area contributed by atoms with Gasteiger partial charge in [0, 0.05) is 4.47 Å². The van der Waals surface area contributed by atoms with Crippen LogP contribution >= 0.6 is 31.9 Å². The molecule has 0 bridgehead atoms. The molecule has 0 aromatic heterocycles. The molecule has 3 aromatic carbocycles. The summed E-state index contributed by atoms with van der Waals surface area (Å²) in [6.07, 6.45) is 1.63. The molecule has 0 atom stereocenters. The van der Waals surface area contributed by atoms with Gasteiger partial charge in [-0.3, -0.25) is 0 Å². The average Bonchev–Trinajstić information content (AvgIpc) is 3.15. The van der Waals surface area contributed by atoms with Crippen molar-refractivity contribution in [2.45, 2.75) is 13.5 Å². The van der Waals surface area contributed by atoms with Gasteiger partial charge < -0.3 is 14.2 Å². The van der Waals surface area contributed by atoms with Gasteiger partial charge in [-0.05, 0) is 92.4 Å². The zero-order chi connectivity index (χ0) is 23.4. The summed E-state index contributed by atoms with van der Waals surface area (Å²) in [7, 11) is 0. The SMILES string of the molecule is CCOc1cc(/C=C2\N=C(c3ccccc3Br)OC2=O)cc(Br)c1OCc1ccc(F)cc1. The standard InChI is InChI=1S/C25H18Br2FNO4/c1-2-31-22-13-16(11-20(27)23(22)32-14-15-7-9-17(28)10-8-15)12-21-25(30)33-24(29-21)18-5-3-4-6-19(18)26/h3-13H,2,14H2,1H3/b21-12-. The van der Waals surface area contributed by atoms with Crippen LogP contribution in [0.15, 0.2) is 80.3 Å². The van der Waals surface area contributed by atoms with Crippen LogP contribution in [0.5, 0.6) is 11.5 Å². The largest absolute Gasteiger partial charge is 0.490 e. The molecule has 1 heterocycles. The maximum atomic E-state index is 13.1. The molecule has 1 aliphatic heterocycles. The molecule has 3 aromatic rings. The van der Waals surface area contributed by atoms with E-state index in [-0.39, 0.29) is 24.0 Å². The first kappa shape index (κ1) is 23.2. The van der Waals surface area contributed by atoms with Gasteiger partial charge in [0.05, 0.1) is 16.6 Å². The van der Waals surface area contributed by atoms with Crippen LogP contribution in [-0.4, -0.2) is 18.5 Å². The molecule has 0 spiro atoms. The third-order valence-corrected chi connectivity index (χ3v) is 5.94. The molecule has 8 heteroatoms. The van der Waals surface area contributed by atoms with Crippen LogP contribution in [0.3, 0.4) is 0 Å². The van der Waals surface area contributed by atoms with E-state index in [1.54, 1.807) is 30.3 Å². The Bertz CT molecular complexity index is 1260. The highest BCUT2D eigenvalue weighted by Gasteiger charge is 2.25. The fraction of sp³-hybridized carbons (Fsp3) is 0.120. The zero-order valence-corrected chi connectivity index (χ0v) is 20.7. The summed E-state index contributed by atoms with van der Waals surface area (Å²) < 4.78 is 31.6. The number of esters is 1. The number of benzene rings is 3. The number of nitrogens with zero attached hydrogens (tertiary/aromatic N) is 1. The van der Waals surface area contributed by atoms with Gasteiger partial charge in [-0.25, -0.2) is 14.2 Å². The van der Waals surface area contributed by atoms with Gasteiger partial charge in [0.1, 0.15) is 12.4 Å². The molecule has 0 unspecified atom stereocenters. The maximum Gasteiger partial charge on any atom is 0.363 e. The number of hydrogen-bond donors (Lipinski definition) is 0. The second kappa shape index (κ2) is 10.3. The van der Waals surface area contributed by atoms with Gasteiger partial charge in [0.25, 0.3) is 0 Å². The van der Waals surface area contributed by atoms with Crippen molar-refractivity contribution in [2.24, 2.45) is 4.99 Å². The van der Waals surface area contributed by atoms with E-state index in [0.717, 1.165) is 10.0 Å². The van der Waals surface area contributed by atoms with E-state index < -0.39 is 5.97 Å². The number of aliphatic imine (C=N–C) groups is 1. The molecule has 5 nitrogen and oxygen atoms in total. The molecule has 1 aliphatic rings. The summed E-state index contributed by atoms with van der Waals surface area (Å²) in [5.41, 5.74) is 2.37. The van der Waals surface area contributed by atoms with Crippen molar-refractivity contribution in [3.05, 3.63) is 97.8 Å². The highest BCUT2D eigenvalue weighted by Crippen LogP contribution is 2.38. The van der Waals surface area contributed by atoms with Crippen LogP contribution in [0, 0.1) is 5.82 Å². The first-order valence-corrected chi connectivity index (χ1v) is 11.6. The Morgan fingerprint density at radius 2 is 1.79 bits per heavy atom. The van der Waals surface area contributed by atoms with Crippen LogP contribution in [0.1, 0.15) is 23.6 Å².